The Morgan fingerprint density at radius 3 is 1.32 bits per heavy atom. The van der Waals surface area contributed by atoms with Crippen molar-refractivity contribution >= 4 is 17.9 Å². The molecule has 0 aromatic rings. The summed E-state index contributed by atoms with van der Waals surface area (Å²) in [5.41, 5.74) is 0. The van der Waals surface area contributed by atoms with Crippen LogP contribution in [0.3, 0.4) is 0 Å². The maximum Gasteiger partial charge on any atom is 0.306 e. The van der Waals surface area contributed by atoms with Crippen LogP contribution in [0, 0.1) is 0 Å². The number of rotatable bonds is 39. The van der Waals surface area contributed by atoms with Crippen molar-refractivity contribution in [1.29, 1.82) is 0 Å². The summed E-state index contributed by atoms with van der Waals surface area (Å²) in [7, 11) is 0. The third-order valence-electron chi connectivity index (χ3n) is 9.21. The van der Waals surface area contributed by atoms with Crippen molar-refractivity contribution in [3.8, 4) is 0 Å². The first-order valence-corrected chi connectivity index (χ1v) is 22.6. The Labute approximate surface area is 344 Å². The van der Waals surface area contributed by atoms with Gasteiger partial charge < -0.3 is 14.2 Å². The van der Waals surface area contributed by atoms with Gasteiger partial charge in [0.2, 0.25) is 0 Å². The van der Waals surface area contributed by atoms with Crippen LogP contribution in [-0.4, -0.2) is 37.2 Å². The first-order valence-electron chi connectivity index (χ1n) is 22.6. The first-order chi connectivity index (χ1) is 27.5. The Morgan fingerprint density at radius 1 is 0.393 bits per heavy atom. The van der Waals surface area contributed by atoms with Gasteiger partial charge in [-0.3, -0.25) is 14.4 Å². The van der Waals surface area contributed by atoms with Gasteiger partial charge >= 0.3 is 17.9 Å². The van der Waals surface area contributed by atoms with E-state index >= 15 is 0 Å². The fourth-order valence-electron chi connectivity index (χ4n) is 5.84. The van der Waals surface area contributed by atoms with Gasteiger partial charge in [0.1, 0.15) is 13.2 Å². The maximum atomic E-state index is 12.7. The molecule has 0 aromatic carbocycles. The number of carbonyl (C=O) groups is 3. The maximum absolute atomic E-state index is 12.7. The topological polar surface area (TPSA) is 78.9 Å². The molecule has 1 unspecified atom stereocenters. The Kier molecular flexibility index (Phi) is 41.6. The monoisotopic (exact) mass is 779 g/mol. The van der Waals surface area contributed by atoms with E-state index in [1.165, 1.54) is 38.5 Å². The molecule has 0 heterocycles. The Bertz CT molecular complexity index is 1120. The van der Waals surface area contributed by atoms with Gasteiger partial charge in [-0.2, -0.15) is 0 Å². The molecule has 1 atom stereocenters. The van der Waals surface area contributed by atoms with Crippen LogP contribution in [0.4, 0.5) is 0 Å². The highest BCUT2D eigenvalue weighted by Gasteiger charge is 2.19. The van der Waals surface area contributed by atoms with E-state index in [-0.39, 0.29) is 31.1 Å². The molecule has 0 rings (SSSR count). The Morgan fingerprint density at radius 2 is 0.786 bits per heavy atom. The van der Waals surface area contributed by atoms with E-state index in [1.54, 1.807) is 0 Å². The van der Waals surface area contributed by atoms with Gasteiger partial charge in [-0.15, -0.1) is 0 Å². The van der Waals surface area contributed by atoms with E-state index in [0.717, 1.165) is 116 Å². The van der Waals surface area contributed by atoms with Crippen molar-refractivity contribution in [3.63, 3.8) is 0 Å². The highest BCUT2D eigenvalue weighted by Crippen LogP contribution is 2.12. The van der Waals surface area contributed by atoms with E-state index in [2.05, 4.69) is 69.4 Å². The van der Waals surface area contributed by atoms with Crippen molar-refractivity contribution in [2.24, 2.45) is 0 Å². The summed E-state index contributed by atoms with van der Waals surface area (Å²) < 4.78 is 16.6. The van der Waals surface area contributed by atoms with Crippen LogP contribution in [0.5, 0.6) is 0 Å². The van der Waals surface area contributed by atoms with Gasteiger partial charge in [-0.25, -0.2) is 0 Å². The first kappa shape index (κ1) is 52.6. The zero-order chi connectivity index (χ0) is 40.8. The minimum atomic E-state index is -0.804. The van der Waals surface area contributed by atoms with E-state index < -0.39 is 6.10 Å². The van der Waals surface area contributed by atoms with Crippen molar-refractivity contribution in [3.05, 3.63) is 85.1 Å². The molecule has 0 aliphatic carbocycles. The summed E-state index contributed by atoms with van der Waals surface area (Å²) in [5.74, 6) is -0.983. The molecule has 0 aromatic heterocycles. The van der Waals surface area contributed by atoms with Crippen LogP contribution in [0.15, 0.2) is 85.1 Å². The van der Waals surface area contributed by atoms with E-state index in [0.29, 0.717) is 19.3 Å². The molecule has 0 saturated heterocycles. The fourth-order valence-corrected chi connectivity index (χ4v) is 5.84. The van der Waals surface area contributed by atoms with Gasteiger partial charge in [0.15, 0.2) is 6.10 Å². The quantitative estimate of drug-likeness (QED) is 0.0203. The molecule has 0 aliphatic heterocycles. The highest BCUT2D eigenvalue weighted by atomic mass is 16.6. The number of allylic oxidation sites excluding steroid dienone is 14. The SMILES string of the molecule is CC\C=C/C=C\C=C/C=C\CCCCCC(=O)OCC(COC(=O)CCCCCCC/C=C\C/C=C\CC)OC(=O)CCCCC/C=C\CCCCCCCC. The summed E-state index contributed by atoms with van der Waals surface area (Å²) in [6.07, 6.45) is 55.7. The van der Waals surface area contributed by atoms with Gasteiger partial charge in [0.05, 0.1) is 0 Å². The predicted molar refractivity (Wildman–Crippen MR) is 237 cm³/mol. The molecule has 0 N–H and O–H groups in total. The molecule has 0 saturated carbocycles. The molecular formula is C50H82O6. The number of ether oxygens (including phenoxy) is 3. The van der Waals surface area contributed by atoms with Crippen LogP contribution in [0.1, 0.15) is 194 Å². The van der Waals surface area contributed by atoms with Crippen LogP contribution < -0.4 is 0 Å². The van der Waals surface area contributed by atoms with Crippen molar-refractivity contribution in [2.75, 3.05) is 13.2 Å². The zero-order valence-electron chi connectivity index (χ0n) is 36.1. The highest BCUT2D eigenvalue weighted by molar-refractivity contribution is 5.71. The second-order valence-electron chi connectivity index (χ2n) is 14.6. The van der Waals surface area contributed by atoms with Gasteiger partial charge in [0, 0.05) is 19.3 Å². The van der Waals surface area contributed by atoms with E-state index in [1.807, 2.05) is 36.5 Å². The second-order valence-corrected chi connectivity index (χ2v) is 14.6. The van der Waals surface area contributed by atoms with Gasteiger partial charge in [0.25, 0.3) is 0 Å². The van der Waals surface area contributed by atoms with Gasteiger partial charge in [-0.05, 0) is 89.9 Å². The molecule has 0 fully saturated rings. The van der Waals surface area contributed by atoms with Crippen LogP contribution in [0.25, 0.3) is 0 Å². The summed E-state index contributed by atoms with van der Waals surface area (Å²) in [6.45, 7) is 6.29. The fraction of sp³-hybridized carbons (Fsp3) is 0.660. The molecular weight excluding hydrogens is 697 g/mol. The van der Waals surface area contributed by atoms with Crippen molar-refractivity contribution in [1.82, 2.24) is 0 Å². The molecule has 0 aliphatic rings. The van der Waals surface area contributed by atoms with Gasteiger partial charge in [-0.1, -0.05) is 170 Å². The molecule has 318 valence electrons. The molecule has 0 bridgehead atoms. The predicted octanol–water partition coefficient (Wildman–Crippen LogP) is 14.5. The normalized spacial score (nSPS) is 12.8. The Balaban J connectivity index is 4.51. The Hall–Kier alpha value is -3.41. The zero-order valence-corrected chi connectivity index (χ0v) is 36.1. The van der Waals surface area contributed by atoms with E-state index in [9.17, 15) is 14.4 Å². The van der Waals surface area contributed by atoms with Crippen molar-refractivity contribution in [2.45, 2.75) is 200 Å². The lowest BCUT2D eigenvalue weighted by atomic mass is 10.1. The third kappa shape index (κ3) is 41.7. The standard InChI is InChI=1S/C50H82O6/c1-4-7-10-13-16-19-22-25-28-31-34-37-40-43-49(52)55-46-47(45-54-48(51)42-39-36-33-30-27-24-21-18-15-12-9-6-3)56-50(53)44-41-38-35-32-29-26-23-20-17-14-11-8-5-2/h7,9-10,12-13,16,18-19,21-22,25-26,28-29,47H,4-6,8,11,14-15,17,20,23-24,27,30-46H2,1-3H3/b10-7-,12-9-,16-13-,21-18-,22-19-,28-25-,29-26-. The van der Waals surface area contributed by atoms with Crippen molar-refractivity contribution < 1.29 is 28.6 Å². The largest absolute Gasteiger partial charge is 0.462 e. The lowest BCUT2D eigenvalue weighted by Crippen LogP contribution is -2.30. The molecule has 6 heteroatoms. The smallest absolute Gasteiger partial charge is 0.306 e. The third-order valence-corrected chi connectivity index (χ3v) is 9.21. The number of carbonyl (C=O) groups excluding carboxylic acids is 3. The average molecular weight is 779 g/mol. The molecule has 56 heavy (non-hydrogen) atoms. The average Bonchev–Trinajstić information content (AvgIpc) is 3.19. The lowest BCUT2D eigenvalue weighted by molar-refractivity contribution is -0.167. The number of hydrogen-bond donors (Lipinski definition) is 0. The minimum absolute atomic E-state index is 0.104. The van der Waals surface area contributed by atoms with E-state index in [4.69, 9.17) is 14.2 Å². The summed E-state index contributed by atoms with van der Waals surface area (Å²) >= 11 is 0. The number of unbranched alkanes of at least 4 members (excludes halogenated alkanes) is 17. The van der Waals surface area contributed by atoms with Crippen LogP contribution >= 0.6 is 0 Å². The summed E-state index contributed by atoms with van der Waals surface area (Å²) in [4.78, 5) is 37.7. The molecule has 0 radical (unpaired) electrons. The molecule has 6 nitrogen and oxygen atoms in total. The molecule has 0 spiro atoms. The minimum Gasteiger partial charge on any atom is -0.462 e. The second kappa shape index (κ2) is 44.3. The van der Waals surface area contributed by atoms with Crippen LogP contribution in [-0.2, 0) is 28.6 Å². The number of hydrogen-bond acceptors (Lipinski definition) is 6. The lowest BCUT2D eigenvalue weighted by Gasteiger charge is -2.18. The number of esters is 3. The molecule has 0 amide bonds. The summed E-state index contributed by atoms with van der Waals surface area (Å²) in [6, 6.07) is 0. The van der Waals surface area contributed by atoms with Crippen LogP contribution in [0.2, 0.25) is 0 Å². The summed E-state index contributed by atoms with van der Waals surface area (Å²) in [5, 5.41) is 0.